The highest BCUT2D eigenvalue weighted by Crippen LogP contribution is 2.25. The number of carbonyl (C=O) groups excluding carboxylic acids is 1. The van der Waals surface area contributed by atoms with Crippen LogP contribution in [0.1, 0.15) is 33.1 Å². The number of hydrogen-bond acceptors (Lipinski definition) is 3. The molecule has 2 N–H and O–H groups in total. The lowest BCUT2D eigenvalue weighted by Gasteiger charge is -2.36. The Hall–Kier alpha value is -0.820. The van der Waals surface area contributed by atoms with Gasteiger partial charge in [-0.3, -0.25) is 4.79 Å². The molecule has 0 bridgehead atoms. The summed E-state index contributed by atoms with van der Waals surface area (Å²) >= 11 is 0. The van der Waals surface area contributed by atoms with Gasteiger partial charge in [-0.25, -0.2) is 0 Å². The summed E-state index contributed by atoms with van der Waals surface area (Å²) in [5, 5.41) is 0. The van der Waals surface area contributed by atoms with Gasteiger partial charge in [0, 0.05) is 12.6 Å². The van der Waals surface area contributed by atoms with Crippen LogP contribution in [0.25, 0.3) is 0 Å². The molecule has 0 aromatic rings. The molecule has 0 aromatic heterocycles. The fourth-order valence-corrected chi connectivity index (χ4v) is 2.32. The monoisotopic (exact) mass is 282 g/mol. The van der Waals surface area contributed by atoms with Crippen molar-refractivity contribution in [1.82, 2.24) is 4.90 Å². The molecule has 1 rings (SSSR count). The molecule has 1 heterocycles. The summed E-state index contributed by atoms with van der Waals surface area (Å²) in [5.41, 5.74) is 4.57. The number of halogens is 3. The van der Waals surface area contributed by atoms with Crippen LogP contribution < -0.4 is 5.73 Å². The van der Waals surface area contributed by atoms with Gasteiger partial charge in [0.25, 0.3) is 0 Å². The molecule has 0 aromatic carbocycles. The maximum Gasteiger partial charge on any atom is 0.406 e. The molecular weight excluding hydrogens is 261 g/mol. The van der Waals surface area contributed by atoms with Crippen LogP contribution in [0.4, 0.5) is 13.2 Å². The molecule has 1 aliphatic heterocycles. The standard InChI is InChI=1S/C12H21F3N2O2/c1-3-9(4-2)17(7-12(13,14)15)10(18)11(16)5-6-19-8-11/h9H,3-8,16H2,1-2H3. The number of nitrogens with zero attached hydrogens (tertiary/aromatic N) is 1. The van der Waals surface area contributed by atoms with E-state index in [-0.39, 0.29) is 13.0 Å². The Bertz CT molecular complexity index is 311. The van der Waals surface area contributed by atoms with Crippen LogP contribution in [0, 0.1) is 0 Å². The van der Waals surface area contributed by atoms with Crippen molar-refractivity contribution in [2.24, 2.45) is 5.73 Å². The first-order valence-corrected chi connectivity index (χ1v) is 6.48. The number of hydrogen-bond donors (Lipinski definition) is 1. The van der Waals surface area contributed by atoms with Gasteiger partial charge >= 0.3 is 6.18 Å². The molecule has 1 saturated heterocycles. The predicted molar refractivity (Wildman–Crippen MR) is 64.5 cm³/mol. The van der Waals surface area contributed by atoms with Crippen molar-refractivity contribution in [1.29, 1.82) is 0 Å². The summed E-state index contributed by atoms with van der Waals surface area (Å²) < 4.78 is 43.0. The lowest BCUT2D eigenvalue weighted by molar-refractivity contribution is -0.169. The maximum absolute atomic E-state index is 12.6. The van der Waals surface area contributed by atoms with E-state index < -0.39 is 30.2 Å². The normalized spacial score (nSPS) is 23.9. The Morgan fingerprint density at radius 1 is 1.42 bits per heavy atom. The Kier molecular flexibility index (Phi) is 5.20. The highest BCUT2D eigenvalue weighted by atomic mass is 19.4. The number of rotatable bonds is 5. The molecule has 1 atom stereocenters. The molecular formula is C12H21F3N2O2. The zero-order valence-corrected chi connectivity index (χ0v) is 11.3. The third-order valence-corrected chi connectivity index (χ3v) is 3.47. The van der Waals surface area contributed by atoms with Crippen molar-refractivity contribution in [2.45, 2.75) is 50.9 Å². The second-order valence-electron chi connectivity index (χ2n) is 4.98. The van der Waals surface area contributed by atoms with Crippen molar-refractivity contribution in [3.63, 3.8) is 0 Å². The molecule has 4 nitrogen and oxygen atoms in total. The summed E-state index contributed by atoms with van der Waals surface area (Å²) in [6.07, 6.45) is -3.22. The minimum absolute atomic E-state index is 0.0136. The molecule has 1 amide bonds. The average Bonchev–Trinajstić information content (AvgIpc) is 2.75. The van der Waals surface area contributed by atoms with E-state index in [0.29, 0.717) is 19.4 Å². The number of nitrogens with two attached hydrogens (primary N) is 1. The van der Waals surface area contributed by atoms with Crippen LogP contribution in [-0.2, 0) is 9.53 Å². The summed E-state index contributed by atoms with van der Waals surface area (Å²) in [5.74, 6) is -0.656. The SMILES string of the molecule is CCC(CC)N(CC(F)(F)F)C(=O)C1(N)CCOC1. The van der Waals surface area contributed by atoms with Gasteiger partial charge in [0.2, 0.25) is 5.91 Å². The van der Waals surface area contributed by atoms with Gasteiger partial charge in [-0.05, 0) is 19.3 Å². The number of alkyl halides is 3. The lowest BCUT2D eigenvalue weighted by Crippen LogP contribution is -2.59. The zero-order chi connectivity index (χ0) is 14.7. The van der Waals surface area contributed by atoms with Gasteiger partial charge in [-0.1, -0.05) is 13.8 Å². The summed E-state index contributed by atoms with van der Waals surface area (Å²) in [6.45, 7) is 2.57. The van der Waals surface area contributed by atoms with Crippen molar-refractivity contribution >= 4 is 5.91 Å². The van der Waals surface area contributed by atoms with Crippen LogP contribution in [0.3, 0.4) is 0 Å². The third-order valence-electron chi connectivity index (χ3n) is 3.47. The van der Waals surface area contributed by atoms with Crippen molar-refractivity contribution in [2.75, 3.05) is 19.8 Å². The number of amides is 1. The van der Waals surface area contributed by atoms with Gasteiger partial charge < -0.3 is 15.4 Å². The van der Waals surface area contributed by atoms with E-state index in [1.54, 1.807) is 13.8 Å². The molecule has 0 saturated carbocycles. The van der Waals surface area contributed by atoms with Crippen LogP contribution in [0.15, 0.2) is 0 Å². The molecule has 0 radical (unpaired) electrons. The molecule has 0 aliphatic carbocycles. The van der Waals surface area contributed by atoms with Crippen LogP contribution in [0.5, 0.6) is 0 Å². The highest BCUT2D eigenvalue weighted by molar-refractivity contribution is 5.87. The topological polar surface area (TPSA) is 55.6 Å². The molecule has 1 unspecified atom stereocenters. The fraction of sp³-hybridized carbons (Fsp3) is 0.917. The van der Waals surface area contributed by atoms with E-state index in [1.165, 1.54) is 0 Å². The smallest absolute Gasteiger partial charge is 0.379 e. The molecule has 112 valence electrons. The first-order valence-electron chi connectivity index (χ1n) is 6.48. The van der Waals surface area contributed by atoms with Crippen LogP contribution >= 0.6 is 0 Å². The minimum atomic E-state index is -4.42. The van der Waals surface area contributed by atoms with Gasteiger partial charge in [0.15, 0.2) is 0 Å². The van der Waals surface area contributed by atoms with E-state index in [0.717, 1.165) is 4.90 Å². The molecule has 19 heavy (non-hydrogen) atoms. The van der Waals surface area contributed by atoms with Crippen LogP contribution in [0.2, 0.25) is 0 Å². The second kappa shape index (κ2) is 6.09. The Morgan fingerprint density at radius 2 is 2.00 bits per heavy atom. The number of ether oxygens (including phenoxy) is 1. The van der Waals surface area contributed by atoms with Gasteiger partial charge in [0.1, 0.15) is 12.1 Å². The quantitative estimate of drug-likeness (QED) is 0.834. The second-order valence-corrected chi connectivity index (χ2v) is 4.98. The Labute approximate surface area is 111 Å². The molecule has 0 spiro atoms. The van der Waals surface area contributed by atoms with Gasteiger partial charge in [-0.15, -0.1) is 0 Å². The zero-order valence-electron chi connectivity index (χ0n) is 11.3. The maximum atomic E-state index is 12.6. The first-order chi connectivity index (χ1) is 8.73. The largest absolute Gasteiger partial charge is 0.406 e. The Morgan fingerprint density at radius 3 is 2.37 bits per heavy atom. The first kappa shape index (κ1) is 16.2. The minimum Gasteiger partial charge on any atom is -0.379 e. The molecule has 1 fully saturated rings. The molecule has 7 heteroatoms. The van der Waals surface area contributed by atoms with E-state index in [9.17, 15) is 18.0 Å². The van der Waals surface area contributed by atoms with E-state index in [4.69, 9.17) is 10.5 Å². The lowest BCUT2D eigenvalue weighted by atomic mass is 9.96. The predicted octanol–water partition coefficient (Wildman–Crippen LogP) is 1.68. The van der Waals surface area contributed by atoms with Crippen LogP contribution in [-0.4, -0.2) is 48.3 Å². The van der Waals surface area contributed by atoms with Crippen molar-refractivity contribution in [3.05, 3.63) is 0 Å². The van der Waals surface area contributed by atoms with E-state index in [2.05, 4.69) is 0 Å². The van der Waals surface area contributed by atoms with Gasteiger partial charge in [0.05, 0.1) is 6.61 Å². The summed E-state index contributed by atoms with van der Waals surface area (Å²) in [6, 6.07) is -0.449. The van der Waals surface area contributed by atoms with E-state index in [1.807, 2.05) is 0 Å². The average molecular weight is 282 g/mol. The summed E-state index contributed by atoms with van der Waals surface area (Å²) in [7, 11) is 0. The van der Waals surface area contributed by atoms with E-state index >= 15 is 0 Å². The number of carbonyl (C=O) groups is 1. The molecule has 1 aliphatic rings. The Balaban J connectivity index is 2.91. The third kappa shape index (κ3) is 4.07. The summed E-state index contributed by atoms with van der Waals surface area (Å²) in [4.78, 5) is 13.2. The van der Waals surface area contributed by atoms with Crippen molar-refractivity contribution in [3.8, 4) is 0 Å². The van der Waals surface area contributed by atoms with Gasteiger partial charge in [-0.2, -0.15) is 13.2 Å². The fourth-order valence-electron chi connectivity index (χ4n) is 2.32. The van der Waals surface area contributed by atoms with Crippen molar-refractivity contribution < 1.29 is 22.7 Å². The highest BCUT2D eigenvalue weighted by Gasteiger charge is 2.45.